The number of hydrogen-bond donors (Lipinski definition) is 3. The van der Waals surface area contributed by atoms with Gasteiger partial charge in [0.2, 0.25) is 5.91 Å². The van der Waals surface area contributed by atoms with Gasteiger partial charge in [0.05, 0.1) is 41.6 Å². The van der Waals surface area contributed by atoms with Crippen LogP contribution in [0.3, 0.4) is 0 Å². The summed E-state index contributed by atoms with van der Waals surface area (Å²) in [6.07, 6.45) is 2.37. The van der Waals surface area contributed by atoms with Gasteiger partial charge in [-0.2, -0.15) is 5.10 Å². The smallest absolute Gasteiger partial charge is 0.310 e. The zero-order chi connectivity index (χ0) is 13.6. The molecule has 19 heavy (non-hydrogen) atoms. The Bertz CT molecular complexity index is 527. The van der Waals surface area contributed by atoms with Crippen molar-refractivity contribution in [3.63, 3.8) is 0 Å². The van der Waals surface area contributed by atoms with E-state index in [1.807, 2.05) is 0 Å². The maximum Gasteiger partial charge on any atom is 0.310 e. The Morgan fingerprint density at radius 1 is 1.42 bits per heavy atom. The molecule has 0 aliphatic carbocycles. The van der Waals surface area contributed by atoms with Crippen molar-refractivity contribution in [2.75, 3.05) is 5.32 Å². The van der Waals surface area contributed by atoms with Crippen LogP contribution in [0.25, 0.3) is 0 Å². The first-order valence-corrected chi connectivity index (χ1v) is 6.27. The minimum absolute atomic E-state index is 0.279. The molecule has 2 fully saturated rings. The SMILES string of the molecule is Cc1[nH]ncc1NC(=O)[C@H]1[C@@H](C(=O)O)[C@@H]2CC[C@@H]1O2. The number of fused-ring (bicyclic) bond motifs is 2. The lowest BCUT2D eigenvalue weighted by molar-refractivity contribution is -0.147. The summed E-state index contributed by atoms with van der Waals surface area (Å²) in [7, 11) is 0. The van der Waals surface area contributed by atoms with Gasteiger partial charge in [-0.15, -0.1) is 0 Å². The molecule has 0 radical (unpaired) electrons. The van der Waals surface area contributed by atoms with Crippen molar-refractivity contribution >= 4 is 17.6 Å². The van der Waals surface area contributed by atoms with E-state index in [0.717, 1.165) is 18.5 Å². The molecular formula is C12H15N3O4. The van der Waals surface area contributed by atoms with E-state index in [2.05, 4.69) is 15.5 Å². The fourth-order valence-corrected chi connectivity index (χ4v) is 3.02. The van der Waals surface area contributed by atoms with Crippen molar-refractivity contribution in [1.29, 1.82) is 0 Å². The van der Waals surface area contributed by atoms with Crippen molar-refractivity contribution in [2.45, 2.75) is 32.0 Å². The molecule has 2 aliphatic rings. The van der Waals surface area contributed by atoms with Crippen LogP contribution in [0, 0.1) is 18.8 Å². The Labute approximate surface area is 109 Å². The normalized spacial score (nSPS) is 32.5. The average molecular weight is 265 g/mol. The van der Waals surface area contributed by atoms with E-state index < -0.39 is 17.8 Å². The van der Waals surface area contributed by atoms with E-state index >= 15 is 0 Å². The molecule has 4 atom stereocenters. The van der Waals surface area contributed by atoms with Gasteiger partial charge in [-0.1, -0.05) is 0 Å². The second-order valence-electron chi connectivity index (χ2n) is 5.08. The molecule has 2 saturated heterocycles. The standard InChI is InChI=1S/C12H15N3O4/c1-5-6(4-13-15-5)14-11(16)9-7-2-3-8(19-7)10(9)12(17)18/h4,7-10H,2-3H2,1H3,(H,13,15)(H,14,16)(H,17,18)/t7-,8-,9+,10-/m0/s1. The van der Waals surface area contributed by atoms with Gasteiger partial charge in [0, 0.05) is 0 Å². The Balaban J connectivity index is 1.79. The van der Waals surface area contributed by atoms with Gasteiger partial charge in [-0.05, 0) is 19.8 Å². The fraction of sp³-hybridized carbons (Fsp3) is 0.583. The van der Waals surface area contributed by atoms with E-state index in [-0.39, 0.29) is 18.1 Å². The highest BCUT2D eigenvalue weighted by atomic mass is 16.5. The highest BCUT2D eigenvalue weighted by molar-refractivity contribution is 5.96. The summed E-state index contributed by atoms with van der Waals surface area (Å²) in [5, 5.41) is 18.5. The van der Waals surface area contributed by atoms with E-state index in [1.54, 1.807) is 6.92 Å². The lowest BCUT2D eigenvalue weighted by Gasteiger charge is -2.23. The summed E-state index contributed by atoms with van der Waals surface area (Å²) in [5.41, 5.74) is 1.32. The third-order valence-electron chi connectivity index (χ3n) is 3.95. The molecule has 3 rings (SSSR count). The van der Waals surface area contributed by atoms with Crippen LogP contribution in [0.2, 0.25) is 0 Å². The number of H-pyrrole nitrogens is 1. The number of carboxylic acids is 1. The second kappa shape index (κ2) is 4.34. The molecule has 102 valence electrons. The molecule has 0 aromatic carbocycles. The number of aromatic amines is 1. The number of rotatable bonds is 3. The third kappa shape index (κ3) is 1.90. The molecule has 7 heteroatoms. The Morgan fingerprint density at radius 2 is 2.11 bits per heavy atom. The molecule has 1 aromatic heterocycles. The largest absolute Gasteiger partial charge is 0.481 e. The number of hydrogen-bond acceptors (Lipinski definition) is 4. The van der Waals surface area contributed by atoms with E-state index in [0.29, 0.717) is 5.69 Å². The van der Waals surface area contributed by atoms with Crippen molar-refractivity contribution in [1.82, 2.24) is 10.2 Å². The molecule has 3 heterocycles. The first kappa shape index (κ1) is 12.2. The molecule has 1 amide bonds. The molecule has 0 spiro atoms. The highest BCUT2D eigenvalue weighted by Gasteiger charge is 2.55. The summed E-state index contributed by atoms with van der Waals surface area (Å²) in [5.74, 6) is -2.63. The number of carbonyl (C=O) groups is 2. The van der Waals surface area contributed by atoms with Crippen LogP contribution in [-0.4, -0.2) is 39.4 Å². The third-order valence-corrected chi connectivity index (χ3v) is 3.95. The van der Waals surface area contributed by atoms with E-state index in [1.165, 1.54) is 6.20 Å². The zero-order valence-electron chi connectivity index (χ0n) is 10.4. The average Bonchev–Trinajstić information content (AvgIpc) is 3.04. The second-order valence-corrected chi connectivity index (χ2v) is 5.08. The van der Waals surface area contributed by atoms with Crippen molar-refractivity contribution in [3.05, 3.63) is 11.9 Å². The topological polar surface area (TPSA) is 104 Å². The lowest BCUT2D eigenvalue weighted by Crippen LogP contribution is -2.41. The number of carboxylic acid groups (broad SMARTS) is 1. The Kier molecular flexibility index (Phi) is 2.78. The van der Waals surface area contributed by atoms with Gasteiger partial charge in [-0.3, -0.25) is 14.7 Å². The predicted molar refractivity (Wildman–Crippen MR) is 64.5 cm³/mol. The van der Waals surface area contributed by atoms with Crippen molar-refractivity contribution < 1.29 is 19.4 Å². The number of anilines is 1. The Hall–Kier alpha value is -1.89. The predicted octanol–water partition coefficient (Wildman–Crippen LogP) is 0.535. The molecule has 0 unspecified atom stereocenters. The number of aromatic nitrogens is 2. The lowest BCUT2D eigenvalue weighted by atomic mass is 9.78. The maximum absolute atomic E-state index is 12.3. The van der Waals surface area contributed by atoms with Gasteiger partial charge in [0.1, 0.15) is 0 Å². The molecule has 3 N–H and O–H groups in total. The molecule has 1 aromatic rings. The first-order chi connectivity index (χ1) is 9.08. The van der Waals surface area contributed by atoms with E-state index in [4.69, 9.17) is 4.74 Å². The molecular weight excluding hydrogens is 250 g/mol. The highest BCUT2D eigenvalue weighted by Crippen LogP contribution is 2.44. The van der Waals surface area contributed by atoms with Gasteiger partial charge in [0.15, 0.2) is 0 Å². The number of carbonyl (C=O) groups excluding carboxylic acids is 1. The van der Waals surface area contributed by atoms with Crippen molar-refractivity contribution in [3.8, 4) is 0 Å². The van der Waals surface area contributed by atoms with Crippen molar-refractivity contribution in [2.24, 2.45) is 11.8 Å². The number of nitrogens with zero attached hydrogens (tertiary/aromatic N) is 1. The van der Waals surface area contributed by atoms with Gasteiger partial charge < -0.3 is 15.2 Å². The molecule has 2 bridgehead atoms. The minimum Gasteiger partial charge on any atom is -0.481 e. The van der Waals surface area contributed by atoms with Crippen LogP contribution < -0.4 is 5.32 Å². The maximum atomic E-state index is 12.3. The van der Waals surface area contributed by atoms with E-state index in [9.17, 15) is 14.7 Å². The molecule has 2 aliphatic heterocycles. The number of amides is 1. The van der Waals surface area contributed by atoms with Crippen LogP contribution in [0.5, 0.6) is 0 Å². The quantitative estimate of drug-likeness (QED) is 0.739. The van der Waals surface area contributed by atoms with Gasteiger partial charge in [-0.25, -0.2) is 0 Å². The zero-order valence-corrected chi connectivity index (χ0v) is 10.4. The van der Waals surface area contributed by atoms with Crippen LogP contribution in [0.4, 0.5) is 5.69 Å². The first-order valence-electron chi connectivity index (χ1n) is 6.27. The number of nitrogens with one attached hydrogen (secondary N) is 2. The monoisotopic (exact) mass is 265 g/mol. The van der Waals surface area contributed by atoms with Gasteiger partial charge in [0.25, 0.3) is 0 Å². The molecule has 0 saturated carbocycles. The van der Waals surface area contributed by atoms with Crippen LogP contribution >= 0.6 is 0 Å². The number of aryl methyl sites for hydroxylation is 1. The summed E-state index contributed by atoms with van der Waals surface area (Å²) in [6, 6.07) is 0. The molecule has 7 nitrogen and oxygen atoms in total. The van der Waals surface area contributed by atoms with Crippen LogP contribution in [0.1, 0.15) is 18.5 Å². The summed E-state index contributed by atoms with van der Waals surface area (Å²) in [4.78, 5) is 23.6. The van der Waals surface area contributed by atoms with Gasteiger partial charge >= 0.3 is 5.97 Å². The van der Waals surface area contributed by atoms with Crippen LogP contribution in [-0.2, 0) is 14.3 Å². The summed E-state index contributed by atoms with van der Waals surface area (Å²) >= 11 is 0. The number of aliphatic carboxylic acids is 1. The minimum atomic E-state index is -0.962. The fourth-order valence-electron chi connectivity index (χ4n) is 3.02. The summed E-state index contributed by atoms with van der Waals surface area (Å²) in [6.45, 7) is 1.79. The summed E-state index contributed by atoms with van der Waals surface area (Å²) < 4.78 is 5.56. The number of ether oxygens (including phenoxy) is 1. The Morgan fingerprint density at radius 3 is 2.68 bits per heavy atom. The van der Waals surface area contributed by atoms with Crippen LogP contribution in [0.15, 0.2) is 6.20 Å².